The summed E-state index contributed by atoms with van der Waals surface area (Å²) in [6.07, 6.45) is 0.156. The first-order chi connectivity index (χ1) is 9.13. The van der Waals surface area contributed by atoms with E-state index in [2.05, 4.69) is 0 Å². The minimum Gasteiger partial charge on any atom is -0.484 e. The van der Waals surface area contributed by atoms with E-state index in [1.165, 1.54) is 5.56 Å². The summed E-state index contributed by atoms with van der Waals surface area (Å²) in [5, 5.41) is 0. The number of aryl methyl sites for hydroxylation is 1. The van der Waals surface area contributed by atoms with Crippen LogP contribution in [-0.2, 0) is 0 Å². The minimum absolute atomic E-state index is 0.0825. The Morgan fingerprint density at radius 1 is 1.16 bits per heavy atom. The fraction of sp³-hybridized carbons (Fsp3) is 0.188. The summed E-state index contributed by atoms with van der Waals surface area (Å²) in [6.45, 7) is 2.04. The molecule has 0 spiro atoms. The van der Waals surface area contributed by atoms with Crippen LogP contribution in [0.3, 0.4) is 0 Å². The summed E-state index contributed by atoms with van der Waals surface area (Å²) in [5.74, 6) is 0.704. The van der Waals surface area contributed by atoms with Crippen molar-refractivity contribution in [3.8, 4) is 5.75 Å². The first-order valence-electron chi connectivity index (χ1n) is 6.29. The van der Waals surface area contributed by atoms with Gasteiger partial charge in [0.05, 0.1) is 12.0 Å². The molecule has 1 aliphatic rings. The number of nitrogen functional groups attached to an aromatic ring is 1. The highest BCUT2D eigenvalue weighted by molar-refractivity contribution is 6.00. The van der Waals surface area contributed by atoms with Crippen molar-refractivity contribution in [2.45, 2.75) is 19.4 Å². The molecule has 0 aliphatic carbocycles. The smallest absolute Gasteiger partial charge is 0.170 e. The molecular formula is C16H15NO2. The fourth-order valence-electron chi connectivity index (χ4n) is 2.31. The second-order valence-electron chi connectivity index (χ2n) is 4.90. The predicted octanol–water partition coefficient (Wildman–Crippen LogP) is 3.28. The zero-order chi connectivity index (χ0) is 13.4. The Balaban J connectivity index is 1.95. The molecule has 0 saturated heterocycles. The zero-order valence-electron chi connectivity index (χ0n) is 10.7. The molecule has 3 rings (SSSR count). The second-order valence-corrected chi connectivity index (χ2v) is 4.90. The number of rotatable bonds is 1. The summed E-state index contributed by atoms with van der Waals surface area (Å²) >= 11 is 0. The Labute approximate surface area is 112 Å². The number of Topliss-reactive ketones (excluding diaryl/α,β-unsaturated/α-hetero) is 1. The van der Waals surface area contributed by atoms with E-state index in [1.807, 2.05) is 31.2 Å². The van der Waals surface area contributed by atoms with Crippen LogP contribution in [0.2, 0.25) is 0 Å². The molecule has 19 heavy (non-hydrogen) atoms. The average molecular weight is 253 g/mol. The molecule has 2 N–H and O–H groups in total. The lowest BCUT2D eigenvalue weighted by molar-refractivity contribution is 0.0850. The highest BCUT2D eigenvalue weighted by atomic mass is 16.5. The van der Waals surface area contributed by atoms with Gasteiger partial charge in [0.1, 0.15) is 11.9 Å². The number of hydrogen-bond acceptors (Lipinski definition) is 3. The molecule has 2 aromatic carbocycles. The maximum absolute atomic E-state index is 12.2. The average Bonchev–Trinajstić information content (AvgIpc) is 2.40. The van der Waals surface area contributed by atoms with Gasteiger partial charge in [-0.15, -0.1) is 0 Å². The summed E-state index contributed by atoms with van der Waals surface area (Å²) < 4.78 is 5.91. The molecule has 0 saturated carbocycles. The lowest BCUT2D eigenvalue weighted by atomic mass is 9.95. The van der Waals surface area contributed by atoms with Crippen molar-refractivity contribution in [3.05, 3.63) is 59.2 Å². The van der Waals surface area contributed by atoms with Crippen LogP contribution in [0.4, 0.5) is 5.69 Å². The van der Waals surface area contributed by atoms with E-state index in [9.17, 15) is 4.79 Å². The Morgan fingerprint density at radius 2 is 1.89 bits per heavy atom. The van der Waals surface area contributed by atoms with E-state index in [-0.39, 0.29) is 11.9 Å². The molecule has 0 bridgehead atoms. The molecule has 96 valence electrons. The normalized spacial score (nSPS) is 17.7. The quantitative estimate of drug-likeness (QED) is 0.793. The van der Waals surface area contributed by atoms with Gasteiger partial charge < -0.3 is 10.5 Å². The number of fused-ring (bicyclic) bond motifs is 1. The Hall–Kier alpha value is -2.29. The number of carbonyl (C=O) groups excluding carboxylic acids is 1. The van der Waals surface area contributed by atoms with Crippen molar-refractivity contribution in [2.24, 2.45) is 0 Å². The molecule has 0 aromatic heterocycles. The summed E-state index contributed by atoms with van der Waals surface area (Å²) in [4.78, 5) is 12.2. The predicted molar refractivity (Wildman–Crippen MR) is 74.3 cm³/mol. The van der Waals surface area contributed by atoms with Crippen molar-refractivity contribution < 1.29 is 9.53 Å². The van der Waals surface area contributed by atoms with E-state index in [4.69, 9.17) is 10.5 Å². The maximum Gasteiger partial charge on any atom is 0.170 e. The Kier molecular flexibility index (Phi) is 2.75. The van der Waals surface area contributed by atoms with Crippen LogP contribution in [0.1, 0.15) is 34.0 Å². The van der Waals surface area contributed by atoms with Crippen LogP contribution in [0.15, 0.2) is 42.5 Å². The molecule has 1 atom stereocenters. The summed E-state index contributed by atoms with van der Waals surface area (Å²) in [7, 11) is 0. The molecule has 1 unspecified atom stereocenters. The van der Waals surface area contributed by atoms with Crippen LogP contribution >= 0.6 is 0 Å². The molecular weight excluding hydrogens is 238 g/mol. The van der Waals surface area contributed by atoms with E-state index < -0.39 is 0 Å². The molecule has 0 fully saturated rings. The maximum atomic E-state index is 12.2. The van der Waals surface area contributed by atoms with E-state index in [0.717, 1.165) is 5.56 Å². The zero-order valence-corrected chi connectivity index (χ0v) is 10.7. The van der Waals surface area contributed by atoms with Crippen LogP contribution < -0.4 is 10.5 Å². The van der Waals surface area contributed by atoms with E-state index in [0.29, 0.717) is 23.4 Å². The van der Waals surface area contributed by atoms with Crippen molar-refractivity contribution in [1.82, 2.24) is 0 Å². The topological polar surface area (TPSA) is 52.3 Å². The van der Waals surface area contributed by atoms with Gasteiger partial charge in [0.15, 0.2) is 5.78 Å². The lowest BCUT2D eigenvalue weighted by Gasteiger charge is -2.25. The van der Waals surface area contributed by atoms with Crippen LogP contribution in [0, 0.1) is 6.92 Å². The monoisotopic (exact) mass is 253 g/mol. The van der Waals surface area contributed by atoms with Crippen LogP contribution in [0.5, 0.6) is 5.75 Å². The number of nitrogens with two attached hydrogens (primary N) is 1. The third kappa shape index (κ3) is 2.19. The first kappa shape index (κ1) is 11.8. The third-order valence-corrected chi connectivity index (χ3v) is 3.39. The van der Waals surface area contributed by atoms with Gasteiger partial charge in [0, 0.05) is 5.69 Å². The SMILES string of the molecule is Cc1ccc(C2CC(=O)c3cc(N)ccc3O2)cc1. The van der Waals surface area contributed by atoms with Crippen LogP contribution in [-0.4, -0.2) is 5.78 Å². The number of hydrogen-bond donors (Lipinski definition) is 1. The van der Waals surface area contributed by atoms with Crippen molar-refractivity contribution in [2.75, 3.05) is 5.73 Å². The molecule has 2 aromatic rings. The van der Waals surface area contributed by atoms with Crippen molar-refractivity contribution in [1.29, 1.82) is 0 Å². The highest BCUT2D eigenvalue weighted by Crippen LogP contribution is 2.35. The molecule has 1 aliphatic heterocycles. The van der Waals surface area contributed by atoms with Gasteiger partial charge in [-0.2, -0.15) is 0 Å². The van der Waals surface area contributed by atoms with Gasteiger partial charge >= 0.3 is 0 Å². The molecule has 0 radical (unpaired) electrons. The lowest BCUT2D eigenvalue weighted by Crippen LogP contribution is -2.20. The van der Waals surface area contributed by atoms with Gasteiger partial charge in [-0.1, -0.05) is 29.8 Å². The number of ether oxygens (including phenoxy) is 1. The number of carbonyl (C=O) groups is 1. The van der Waals surface area contributed by atoms with Gasteiger partial charge in [0.25, 0.3) is 0 Å². The van der Waals surface area contributed by atoms with E-state index in [1.54, 1.807) is 18.2 Å². The first-order valence-corrected chi connectivity index (χ1v) is 6.29. The Bertz CT molecular complexity index is 632. The van der Waals surface area contributed by atoms with Gasteiger partial charge in [0.2, 0.25) is 0 Å². The van der Waals surface area contributed by atoms with Crippen molar-refractivity contribution in [3.63, 3.8) is 0 Å². The van der Waals surface area contributed by atoms with Gasteiger partial charge in [-0.3, -0.25) is 4.79 Å². The van der Waals surface area contributed by atoms with Crippen molar-refractivity contribution >= 4 is 11.5 Å². The molecule has 0 amide bonds. The highest BCUT2D eigenvalue weighted by Gasteiger charge is 2.27. The standard InChI is InChI=1S/C16H15NO2/c1-10-2-4-11(5-3-10)16-9-14(18)13-8-12(17)6-7-15(13)19-16/h2-8,16H,9,17H2,1H3. The Morgan fingerprint density at radius 3 is 2.63 bits per heavy atom. The summed E-state index contributed by atoms with van der Waals surface area (Å²) in [6, 6.07) is 13.3. The fourth-order valence-corrected chi connectivity index (χ4v) is 2.31. The second kappa shape index (κ2) is 4.43. The molecule has 1 heterocycles. The van der Waals surface area contributed by atoms with Gasteiger partial charge in [-0.25, -0.2) is 0 Å². The number of benzene rings is 2. The minimum atomic E-state index is -0.204. The van der Waals surface area contributed by atoms with E-state index >= 15 is 0 Å². The molecule has 3 nitrogen and oxygen atoms in total. The summed E-state index contributed by atoms with van der Waals surface area (Å²) in [5.41, 5.74) is 9.10. The van der Waals surface area contributed by atoms with Crippen LogP contribution in [0.25, 0.3) is 0 Å². The number of anilines is 1. The number of ketones is 1. The largest absolute Gasteiger partial charge is 0.484 e. The third-order valence-electron chi connectivity index (χ3n) is 3.39. The van der Waals surface area contributed by atoms with Gasteiger partial charge in [-0.05, 0) is 30.7 Å². The molecule has 3 heteroatoms.